The average Bonchev–Trinajstić information content (AvgIpc) is 2.80. The maximum Gasteiger partial charge on any atom is 0.319 e. The standard InChI is InChI=1S/C13H15IN2O3/c14-9-2-5-10(6-3-9)15-13(19)16-11-4-1-8(7-11)12(17)18/h2-3,5-6,8,11H,1,4,7H2,(H,17,18)(H2,15,16,19). The van der Waals surface area contributed by atoms with Crippen molar-refractivity contribution in [1.29, 1.82) is 0 Å². The normalized spacial score (nSPS) is 21.9. The van der Waals surface area contributed by atoms with Gasteiger partial charge in [0.25, 0.3) is 0 Å². The molecular weight excluding hydrogens is 359 g/mol. The molecule has 3 N–H and O–H groups in total. The highest BCUT2D eigenvalue weighted by Gasteiger charge is 2.30. The monoisotopic (exact) mass is 374 g/mol. The Morgan fingerprint density at radius 1 is 1.21 bits per heavy atom. The van der Waals surface area contributed by atoms with Crippen molar-refractivity contribution in [3.8, 4) is 0 Å². The van der Waals surface area contributed by atoms with E-state index in [1.54, 1.807) is 0 Å². The van der Waals surface area contributed by atoms with Crippen LogP contribution in [0.25, 0.3) is 0 Å². The number of carboxylic acids is 1. The number of nitrogens with one attached hydrogen (secondary N) is 2. The fourth-order valence-electron chi connectivity index (χ4n) is 2.22. The van der Waals surface area contributed by atoms with Crippen LogP contribution in [0.5, 0.6) is 0 Å². The molecule has 2 amide bonds. The van der Waals surface area contributed by atoms with Crippen molar-refractivity contribution in [2.24, 2.45) is 5.92 Å². The summed E-state index contributed by atoms with van der Waals surface area (Å²) in [5.74, 6) is -1.11. The third kappa shape index (κ3) is 4.09. The van der Waals surface area contributed by atoms with Crippen molar-refractivity contribution in [1.82, 2.24) is 5.32 Å². The van der Waals surface area contributed by atoms with Crippen molar-refractivity contribution in [3.63, 3.8) is 0 Å². The summed E-state index contributed by atoms with van der Waals surface area (Å²) in [5.41, 5.74) is 0.727. The van der Waals surface area contributed by atoms with Crippen LogP contribution in [0.4, 0.5) is 10.5 Å². The van der Waals surface area contributed by atoms with Crippen LogP contribution in [0.15, 0.2) is 24.3 Å². The molecule has 1 aliphatic carbocycles. The van der Waals surface area contributed by atoms with Crippen molar-refractivity contribution >= 4 is 40.3 Å². The van der Waals surface area contributed by atoms with Crippen LogP contribution in [0.2, 0.25) is 0 Å². The minimum absolute atomic E-state index is 0.0510. The zero-order chi connectivity index (χ0) is 13.8. The molecule has 1 aliphatic rings. The molecule has 0 bridgehead atoms. The van der Waals surface area contributed by atoms with Gasteiger partial charge < -0.3 is 15.7 Å². The minimum atomic E-state index is -0.776. The van der Waals surface area contributed by atoms with Crippen LogP contribution in [-0.2, 0) is 4.79 Å². The van der Waals surface area contributed by atoms with Crippen molar-refractivity contribution in [2.75, 3.05) is 5.32 Å². The molecule has 1 fully saturated rings. The van der Waals surface area contributed by atoms with Crippen molar-refractivity contribution in [3.05, 3.63) is 27.8 Å². The van der Waals surface area contributed by atoms with E-state index in [9.17, 15) is 9.59 Å². The second-order valence-electron chi connectivity index (χ2n) is 4.65. The Bertz CT molecular complexity index is 475. The van der Waals surface area contributed by atoms with Gasteiger partial charge in [-0.25, -0.2) is 4.79 Å². The van der Waals surface area contributed by atoms with Crippen molar-refractivity contribution < 1.29 is 14.7 Å². The van der Waals surface area contributed by atoms with Gasteiger partial charge >= 0.3 is 12.0 Å². The molecule has 1 saturated carbocycles. The van der Waals surface area contributed by atoms with E-state index in [4.69, 9.17) is 5.11 Å². The molecule has 0 spiro atoms. The van der Waals surface area contributed by atoms with Gasteiger partial charge in [0.05, 0.1) is 5.92 Å². The molecule has 2 unspecified atom stereocenters. The summed E-state index contributed by atoms with van der Waals surface area (Å²) in [4.78, 5) is 22.6. The number of hydrogen-bond acceptors (Lipinski definition) is 2. The van der Waals surface area contributed by atoms with Gasteiger partial charge in [0.2, 0.25) is 0 Å². The number of carbonyl (C=O) groups excluding carboxylic acids is 1. The van der Waals surface area contributed by atoms with E-state index in [1.165, 1.54) is 0 Å². The molecule has 0 aliphatic heterocycles. The van der Waals surface area contributed by atoms with E-state index in [2.05, 4.69) is 33.2 Å². The van der Waals surface area contributed by atoms with Gasteiger partial charge in [-0.3, -0.25) is 4.79 Å². The highest BCUT2D eigenvalue weighted by atomic mass is 127. The Morgan fingerprint density at radius 2 is 1.89 bits per heavy atom. The molecule has 19 heavy (non-hydrogen) atoms. The lowest BCUT2D eigenvalue weighted by atomic mass is 10.1. The summed E-state index contributed by atoms with van der Waals surface area (Å²) in [7, 11) is 0. The molecule has 5 nitrogen and oxygen atoms in total. The number of urea groups is 1. The first-order valence-corrected chi connectivity index (χ1v) is 7.18. The fraction of sp³-hybridized carbons (Fsp3) is 0.385. The number of hydrogen-bond donors (Lipinski definition) is 3. The van der Waals surface area contributed by atoms with Crippen LogP contribution in [-0.4, -0.2) is 23.1 Å². The smallest absolute Gasteiger partial charge is 0.319 e. The first-order valence-electron chi connectivity index (χ1n) is 6.10. The van der Waals surface area contributed by atoms with Gasteiger partial charge in [0, 0.05) is 15.3 Å². The van der Waals surface area contributed by atoms with Crippen LogP contribution in [0.3, 0.4) is 0 Å². The predicted octanol–water partition coefficient (Wildman–Crippen LogP) is 2.67. The molecule has 0 radical (unpaired) electrons. The van der Waals surface area contributed by atoms with Gasteiger partial charge in [0.15, 0.2) is 0 Å². The third-order valence-corrected chi connectivity index (χ3v) is 3.94. The van der Waals surface area contributed by atoms with E-state index in [0.29, 0.717) is 12.8 Å². The summed E-state index contributed by atoms with van der Waals surface area (Å²) in [6.07, 6.45) is 1.86. The number of benzene rings is 1. The van der Waals surface area contributed by atoms with E-state index in [1.807, 2.05) is 24.3 Å². The van der Waals surface area contributed by atoms with Gasteiger partial charge in [-0.1, -0.05) is 0 Å². The largest absolute Gasteiger partial charge is 0.481 e. The molecule has 0 heterocycles. The highest BCUT2D eigenvalue weighted by molar-refractivity contribution is 14.1. The Kier molecular flexibility index (Phi) is 4.62. The third-order valence-electron chi connectivity index (χ3n) is 3.22. The topological polar surface area (TPSA) is 78.4 Å². The highest BCUT2D eigenvalue weighted by Crippen LogP contribution is 2.25. The number of amides is 2. The van der Waals surface area contributed by atoms with Crippen molar-refractivity contribution in [2.45, 2.75) is 25.3 Å². The second kappa shape index (κ2) is 6.23. The summed E-state index contributed by atoms with van der Waals surface area (Å²) in [6, 6.07) is 7.15. The van der Waals surface area contributed by atoms with Gasteiger partial charge in [-0.05, 0) is 66.1 Å². The zero-order valence-electron chi connectivity index (χ0n) is 10.2. The number of aliphatic carboxylic acids is 1. The predicted molar refractivity (Wildman–Crippen MR) is 80.1 cm³/mol. The zero-order valence-corrected chi connectivity index (χ0v) is 12.4. The first-order chi connectivity index (χ1) is 9.04. The SMILES string of the molecule is O=C(Nc1ccc(I)cc1)NC1CCC(C(=O)O)C1. The number of carboxylic acid groups (broad SMARTS) is 1. The molecule has 0 saturated heterocycles. The summed E-state index contributed by atoms with van der Waals surface area (Å²) in [6.45, 7) is 0. The van der Waals surface area contributed by atoms with Crippen LogP contribution in [0.1, 0.15) is 19.3 Å². The molecule has 2 rings (SSSR count). The Hall–Kier alpha value is -1.31. The summed E-state index contributed by atoms with van der Waals surface area (Å²) in [5, 5.41) is 14.4. The lowest BCUT2D eigenvalue weighted by Crippen LogP contribution is -2.36. The number of anilines is 1. The van der Waals surface area contributed by atoms with E-state index >= 15 is 0 Å². The maximum absolute atomic E-state index is 11.8. The quantitative estimate of drug-likeness (QED) is 0.712. The lowest BCUT2D eigenvalue weighted by Gasteiger charge is -2.13. The van der Waals surface area contributed by atoms with E-state index < -0.39 is 5.97 Å². The van der Waals surface area contributed by atoms with Gasteiger partial charge in [-0.15, -0.1) is 0 Å². The molecule has 1 aromatic rings. The minimum Gasteiger partial charge on any atom is -0.481 e. The van der Waals surface area contributed by atoms with E-state index in [0.717, 1.165) is 15.7 Å². The summed E-state index contributed by atoms with van der Waals surface area (Å²) < 4.78 is 1.10. The van der Waals surface area contributed by atoms with Gasteiger partial charge in [0.1, 0.15) is 0 Å². The van der Waals surface area contributed by atoms with Crippen LogP contribution in [0, 0.1) is 9.49 Å². The first kappa shape index (κ1) is 14.1. The average molecular weight is 374 g/mol. The fourth-order valence-corrected chi connectivity index (χ4v) is 2.58. The number of halogens is 1. The molecule has 0 aromatic heterocycles. The number of carbonyl (C=O) groups is 2. The maximum atomic E-state index is 11.8. The number of rotatable bonds is 3. The van der Waals surface area contributed by atoms with Crippen LogP contribution < -0.4 is 10.6 Å². The molecule has 6 heteroatoms. The Balaban J connectivity index is 1.82. The lowest BCUT2D eigenvalue weighted by molar-refractivity contribution is -0.141. The Labute approximate surface area is 124 Å². The second-order valence-corrected chi connectivity index (χ2v) is 5.90. The molecule has 2 atom stereocenters. The van der Waals surface area contributed by atoms with Crippen LogP contribution >= 0.6 is 22.6 Å². The van der Waals surface area contributed by atoms with E-state index in [-0.39, 0.29) is 18.0 Å². The molecule has 1 aromatic carbocycles. The van der Waals surface area contributed by atoms with Gasteiger partial charge in [-0.2, -0.15) is 0 Å². The molecular formula is C13H15IN2O3. The molecule has 102 valence electrons. The Morgan fingerprint density at radius 3 is 2.47 bits per heavy atom. The summed E-state index contributed by atoms with van der Waals surface area (Å²) >= 11 is 2.19.